The number of hydrogen-bond donors (Lipinski definition) is 1. The highest BCUT2D eigenvalue weighted by atomic mass is 16.5. The molecule has 1 rings (SSSR count). The molecule has 0 amide bonds. The zero-order chi connectivity index (χ0) is 13.5. The predicted molar refractivity (Wildman–Crippen MR) is 63.4 cm³/mol. The van der Waals surface area contributed by atoms with E-state index in [0.717, 1.165) is 0 Å². The van der Waals surface area contributed by atoms with Gasteiger partial charge in [0, 0.05) is 6.61 Å². The number of nitrogens with zero attached hydrogens (tertiary/aromatic N) is 3. The predicted octanol–water partition coefficient (Wildman–Crippen LogP) is 1.62. The van der Waals surface area contributed by atoms with Crippen LogP contribution in [0.1, 0.15) is 45.0 Å². The fraction of sp³-hybridized carbons (Fsp3) is 0.750. The van der Waals surface area contributed by atoms with E-state index in [2.05, 4.69) is 10.1 Å². The zero-order valence-electron chi connectivity index (χ0n) is 11.0. The Labute approximate surface area is 107 Å². The fourth-order valence-corrected chi connectivity index (χ4v) is 1.59. The third kappa shape index (κ3) is 4.09. The fourth-order valence-electron chi connectivity index (χ4n) is 1.59. The van der Waals surface area contributed by atoms with Crippen molar-refractivity contribution in [1.29, 1.82) is 5.26 Å². The Bertz CT molecular complexity index is 398. The average molecular weight is 253 g/mol. The van der Waals surface area contributed by atoms with Crippen molar-refractivity contribution in [2.24, 2.45) is 5.92 Å². The Balaban J connectivity index is 2.69. The molecule has 1 N–H and O–H groups in total. The Morgan fingerprint density at radius 1 is 1.50 bits per heavy atom. The van der Waals surface area contributed by atoms with Crippen LogP contribution in [0.2, 0.25) is 0 Å². The van der Waals surface area contributed by atoms with Crippen molar-refractivity contribution < 1.29 is 14.4 Å². The van der Waals surface area contributed by atoms with Gasteiger partial charge in [-0.1, -0.05) is 19.0 Å². The lowest BCUT2D eigenvalue weighted by Gasteiger charge is -2.16. The summed E-state index contributed by atoms with van der Waals surface area (Å²) in [6.45, 7) is 6.51. The first kappa shape index (κ1) is 14.6. The topological polar surface area (TPSA) is 92.2 Å². The highest BCUT2D eigenvalue weighted by Gasteiger charge is 2.22. The van der Waals surface area contributed by atoms with Gasteiger partial charge in [0.05, 0.1) is 25.0 Å². The lowest BCUT2D eigenvalue weighted by Crippen LogP contribution is -2.13. The molecule has 1 heterocycles. The molecule has 0 aliphatic heterocycles. The summed E-state index contributed by atoms with van der Waals surface area (Å²) in [5.74, 6) is 1.06. The number of aromatic nitrogens is 2. The van der Waals surface area contributed by atoms with Crippen molar-refractivity contribution in [3.8, 4) is 6.07 Å². The SMILES string of the molecule is CCOC(c1noc(CC(O)CC#N)n1)C(C)C. The Kier molecular flexibility index (Phi) is 5.75. The first-order valence-electron chi connectivity index (χ1n) is 6.07. The summed E-state index contributed by atoms with van der Waals surface area (Å²) in [5.41, 5.74) is 0. The van der Waals surface area contributed by atoms with Gasteiger partial charge in [0.2, 0.25) is 11.7 Å². The van der Waals surface area contributed by atoms with E-state index in [9.17, 15) is 5.11 Å². The Morgan fingerprint density at radius 3 is 2.78 bits per heavy atom. The van der Waals surface area contributed by atoms with Crippen molar-refractivity contribution in [1.82, 2.24) is 10.1 Å². The molecule has 1 aromatic heterocycles. The highest BCUT2D eigenvalue weighted by molar-refractivity contribution is 4.94. The smallest absolute Gasteiger partial charge is 0.229 e. The zero-order valence-corrected chi connectivity index (χ0v) is 11.0. The van der Waals surface area contributed by atoms with Crippen LogP contribution in [0.25, 0.3) is 0 Å². The van der Waals surface area contributed by atoms with Gasteiger partial charge in [-0.2, -0.15) is 10.2 Å². The molecule has 6 nitrogen and oxygen atoms in total. The summed E-state index contributed by atoms with van der Waals surface area (Å²) < 4.78 is 10.6. The second kappa shape index (κ2) is 7.09. The van der Waals surface area contributed by atoms with Crippen LogP contribution < -0.4 is 0 Å². The van der Waals surface area contributed by atoms with Crippen molar-refractivity contribution in [2.45, 2.75) is 45.8 Å². The van der Waals surface area contributed by atoms with E-state index in [4.69, 9.17) is 14.5 Å². The molecule has 2 unspecified atom stereocenters. The van der Waals surface area contributed by atoms with E-state index in [1.54, 1.807) is 0 Å². The molecule has 0 spiro atoms. The summed E-state index contributed by atoms with van der Waals surface area (Å²) >= 11 is 0. The van der Waals surface area contributed by atoms with E-state index in [0.29, 0.717) is 18.3 Å². The summed E-state index contributed by atoms with van der Waals surface area (Å²) in [4.78, 5) is 4.20. The maximum atomic E-state index is 9.48. The van der Waals surface area contributed by atoms with E-state index in [-0.39, 0.29) is 24.9 Å². The molecule has 0 fully saturated rings. The molecule has 0 aromatic carbocycles. The van der Waals surface area contributed by atoms with E-state index in [1.165, 1.54) is 0 Å². The minimum Gasteiger partial charge on any atom is -0.392 e. The third-order valence-electron chi connectivity index (χ3n) is 2.43. The molecule has 0 aliphatic carbocycles. The van der Waals surface area contributed by atoms with Crippen molar-refractivity contribution >= 4 is 0 Å². The Morgan fingerprint density at radius 2 is 2.22 bits per heavy atom. The van der Waals surface area contributed by atoms with Crippen LogP contribution in [-0.2, 0) is 11.2 Å². The van der Waals surface area contributed by atoms with Gasteiger partial charge in [-0.15, -0.1) is 0 Å². The second-order valence-corrected chi connectivity index (χ2v) is 4.39. The molecule has 18 heavy (non-hydrogen) atoms. The molecular formula is C12H19N3O3. The summed E-state index contributed by atoms with van der Waals surface area (Å²) in [7, 11) is 0. The van der Waals surface area contributed by atoms with Crippen LogP contribution in [0.4, 0.5) is 0 Å². The summed E-state index contributed by atoms with van der Waals surface area (Å²) in [6, 6.07) is 1.89. The van der Waals surface area contributed by atoms with E-state index >= 15 is 0 Å². The minimum atomic E-state index is -0.770. The van der Waals surface area contributed by atoms with Gasteiger partial charge in [0.15, 0.2) is 0 Å². The van der Waals surface area contributed by atoms with Gasteiger partial charge >= 0.3 is 0 Å². The first-order valence-corrected chi connectivity index (χ1v) is 6.07. The van der Waals surface area contributed by atoms with Crippen LogP contribution in [0.15, 0.2) is 4.52 Å². The number of rotatable bonds is 7. The van der Waals surface area contributed by atoms with Crippen molar-refractivity contribution in [3.63, 3.8) is 0 Å². The monoisotopic (exact) mass is 253 g/mol. The molecule has 6 heteroatoms. The maximum Gasteiger partial charge on any atom is 0.229 e. The maximum absolute atomic E-state index is 9.48. The molecule has 2 atom stereocenters. The lowest BCUT2D eigenvalue weighted by atomic mass is 10.1. The van der Waals surface area contributed by atoms with Gasteiger partial charge in [-0.25, -0.2) is 0 Å². The molecular weight excluding hydrogens is 234 g/mol. The van der Waals surface area contributed by atoms with Gasteiger partial charge in [-0.05, 0) is 12.8 Å². The number of hydrogen-bond acceptors (Lipinski definition) is 6. The standard InChI is InChI=1S/C12H19N3O3/c1-4-17-11(8(2)3)12-14-10(18-15-12)7-9(16)5-6-13/h8-9,11,16H,4-5,7H2,1-3H3. The molecule has 100 valence electrons. The van der Waals surface area contributed by atoms with Crippen LogP contribution in [0.5, 0.6) is 0 Å². The van der Waals surface area contributed by atoms with Crippen LogP contribution in [0, 0.1) is 17.2 Å². The van der Waals surface area contributed by atoms with Crippen LogP contribution >= 0.6 is 0 Å². The third-order valence-corrected chi connectivity index (χ3v) is 2.43. The molecule has 1 aromatic rings. The normalized spacial score (nSPS) is 14.4. The van der Waals surface area contributed by atoms with Crippen LogP contribution in [-0.4, -0.2) is 28.0 Å². The molecule has 0 aliphatic rings. The van der Waals surface area contributed by atoms with Gasteiger partial charge in [0.25, 0.3) is 0 Å². The van der Waals surface area contributed by atoms with E-state index in [1.807, 2.05) is 26.8 Å². The highest BCUT2D eigenvalue weighted by Crippen LogP contribution is 2.23. The summed E-state index contributed by atoms with van der Waals surface area (Å²) in [6.07, 6.45) is -0.734. The molecule has 0 saturated heterocycles. The number of ether oxygens (including phenoxy) is 1. The molecule has 0 bridgehead atoms. The van der Waals surface area contributed by atoms with Gasteiger partial charge < -0.3 is 14.4 Å². The average Bonchev–Trinajstić information content (AvgIpc) is 2.73. The van der Waals surface area contributed by atoms with Crippen LogP contribution in [0.3, 0.4) is 0 Å². The number of aliphatic hydroxyl groups excluding tert-OH is 1. The number of nitriles is 1. The quantitative estimate of drug-likeness (QED) is 0.793. The van der Waals surface area contributed by atoms with Crippen molar-refractivity contribution in [2.75, 3.05) is 6.61 Å². The second-order valence-electron chi connectivity index (χ2n) is 4.39. The first-order chi connectivity index (χ1) is 8.58. The molecule has 0 radical (unpaired) electrons. The van der Waals surface area contributed by atoms with E-state index < -0.39 is 6.10 Å². The molecule has 0 saturated carbocycles. The lowest BCUT2D eigenvalue weighted by molar-refractivity contribution is 0.0217. The Hall–Kier alpha value is -1.45. The van der Waals surface area contributed by atoms with Gasteiger partial charge in [0.1, 0.15) is 6.10 Å². The minimum absolute atomic E-state index is 0.0524. The summed E-state index contributed by atoms with van der Waals surface area (Å²) in [5, 5.41) is 21.8. The largest absolute Gasteiger partial charge is 0.392 e. The van der Waals surface area contributed by atoms with Gasteiger partial charge in [-0.3, -0.25) is 0 Å². The van der Waals surface area contributed by atoms with Crippen molar-refractivity contribution in [3.05, 3.63) is 11.7 Å². The number of aliphatic hydroxyl groups is 1.